The van der Waals surface area contributed by atoms with Crippen molar-refractivity contribution >= 4 is 5.97 Å². The van der Waals surface area contributed by atoms with Crippen molar-refractivity contribution in [2.45, 2.75) is 20.5 Å². The second kappa shape index (κ2) is 8.48. The van der Waals surface area contributed by atoms with Crippen LogP contribution in [0, 0.1) is 5.92 Å². The second-order valence-corrected chi connectivity index (χ2v) is 4.09. The summed E-state index contributed by atoms with van der Waals surface area (Å²) < 4.78 is 10.4. The van der Waals surface area contributed by atoms with Crippen LogP contribution in [0.3, 0.4) is 0 Å². The molecule has 0 aromatic heterocycles. The van der Waals surface area contributed by atoms with Gasteiger partial charge in [-0.1, -0.05) is 43.3 Å². The average Bonchev–Trinajstić information content (AvgIpc) is 2.38. The molecule has 0 heterocycles. The van der Waals surface area contributed by atoms with E-state index in [-0.39, 0.29) is 11.9 Å². The molecule has 1 aromatic carbocycles. The predicted molar refractivity (Wildman–Crippen MR) is 71.0 cm³/mol. The minimum absolute atomic E-state index is 0.193. The third-order valence-electron chi connectivity index (χ3n) is 2.34. The molecule has 18 heavy (non-hydrogen) atoms. The van der Waals surface area contributed by atoms with Crippen LogP contribution in [0.15, 0.2) is 42.5 Å². The van der Waals surface area contributed by atoms with Crippen molar-refractivity contribution < 1.29 is 14.3 Å². The smallest absolute Gasteiger partial charge is 0.330 e. The molecule has 0 unspecified atom stereocenters. The van der Waals surface area contributed by atoms with Gasteiger partial charge in [0.2, 0.25) is 0 Å². The van der Waals surface area contributed by atoms with E-state index in [4.69, 9.17) is 9.47 Å². The molecular formula is C15H20O3. The van der Waals surface area contributed by atoms with Crippen LogP contribution in [0.1, 0.15) is 19.4 Å². The molecule has 0 fully saturated rings. The Morgan fingerprint density at radius 2 is 2.06 bits per heavy atom. The van der Waals surface area contributed by atoms with Gasteiger partial charge in [0, 0.05) is 6.08 Å². The molecule has 0 bridgehead atoms. The van der Waals surface area contributed by atoms with E-state index < -0.39 is 0 Å². The van der Waals surface area contributed by atoms with Crippen molar-refractivity contribution in [3.05, 3.63) is 48.0 Å². The molecule has 0 aliphatic heterocycles. The molecule has 0 aliphatic rings. The summed E-state index contributed by atoms with van der Waals surface area (Å²) in [7, 11) is 0. The highest BCUT2D eigenvalue weighted by molar-refractivity contribution is 5.81. The first-order valence-electron chi connectivity index (χ1n) is 6.19. The summed E-state index contributed by atoms with van der Waals surface area (Å²) in [6, 6.07) is 10.0. The summed E-state index contributed by atoms with van der Waals surface area (Å²) in [5.41, 5.74) is 1.15. The van der Waals surface area contributed by atoms with Crippen molar-refractivity contribution in [1.29, 1.82) is 0 Å². The molecular weight excluding hydrogens is 228 g/mol. The highest BCUT2D eigenvalue weighted by Gasteiger charge is 2.00. The molecule has 0 spiro atoms. The first kappa shape index (κ1) is 14.5. The first-order valence-corrected chi connectivity index (χ1v) is 6.19. The summed E-state index contributed by atoms with van der Waals surface area (Å²) in [5, 5.41) is 0. The lowest BCUT2D eigenvalue weighted by molar-refractivity contribution is -0.137. The van der Waals surface area contributed by atoms with E-state index in [0.29, 0.717) is 19.8 Å². The Labute approximate surface area is 108 Å². The Kier molecular flexibility index (Phi) is 6.81. The van der Waals surface area contributed by atoms with Gasteiger partial charge in [-0.2, -0.15) is 0 Å². The van der Waals surface area contributed by atoms with Crippen LogP contribution in [0.4, 0.5) is 0 Å². The fourth-order valence-corrected chi connectivity index (χ4v) is 1.43. The molecule has 1 aromatic rings. The molecule has 0 aliphatic carbocycles. The number of benzene rings is 1. The van der Waals surface area contributed by atoms with Gasteiger partial charge in [0.25, 0.3) is 0 Å². The lowest BCUT2D eigenvalue weighted by Gasteiger charge is -2.07. The monoisotopic (exact) mass is 248 g/mol. The highest BCUT2D eigenvalue weighted by Crippen LogP contribution is 2.04. The quantitative estimate of drug-likeness (QED) is 0.549. The minimum Gasteiger partial charge on any atom is -0.463 e. The Hall–Kier alpha value is -1.61. The highest BCUT2D eigenvalue weighted by atomic mass is 16.5. The van der Waals surface area contributed by atoms with Crippen LogP contribution in [-0.2, 0) is 20.9 Å². The lowest BCUT2D eigenvalue weighted by atomic mass is 10.2. The maximum atomic E-state index is 11.1. The second-order valence-electron chi connectivity index (χ2n) is 4.09. The molecule has 0 saturated heterocycles. The van der Waals surface area contributed by atoms with Crippen molar-refractivity contribution in [3.8, 4) is 0 Å². The van der Waals surface area contributed by atoms with Crippen molar-refractivity contribution in [1.82, 2.24) is 0 Å². The topological polar surface area (TPSA) is 35.5 Å². The normalized spacial score (nSPS) is 12.6. The van der Waals surface area contributed by atoms with Gasteiger partial charge in [-0.3, -0.25) is 0 Å². The zero-order valence-corrected chi connectivity index (χ0v) is 11.0. The molecule has 1 atom stereocenters. The van der Waals surface area contributed by atoms with Crippen molar-refractivity contribution in [2.75, 3.05) is 13.2 Å². The maximum absolute atomic E-state index is 11.1. The largest absolute Gasteiger partial charge is 0.463 e. The third kappa shape index (κ3) is 6.21. The molecule has 98 valence electrons. The Morgan fingerprint density at radius 3 is 2.72 bits per heavy atom. The van der Waals surface area contributed by atoms with Crippen LogP contribution in [0.2, 0.25) is 0 Å². The van der Waals surface area contributed by atoms with Gasteiger partial charge in [0.15, 0.2) is 0 Å². The summed E-state index contributed by atoms with van der Waals surface area (Å²) in [6.07, 6.45) is 3.27. The number of carbonyl (C=O) groups excluding carboxylic acids is 1. The van der Waals surface area contributed by atoms with E-state index >= 15 is 0 Å². The van der Waals surface area contributed by atoms with E-state index in [1.807, 2.05) is 43.3 Å². The van der Waals surface area contributed by atoms with E-state index in [2.05, 4.69) is 0 Å². The number of esters is 1. The van der Waals surface area contributed by atoms with Crippen molar-refractivity contribution in [2.24, 2.45) is 5.92 Å². The Bertz CT molecular complexity index is 371. The van der Waals surface area contributed by atoms with Gasteiger partial charge >= 0.3 is 5.97 Å². The summed E-state index contributed by atoms with van der Waals surface area (Å²) >= 11 is 0. The molecule has 0 amide bonds. The van der Waals surface area contributed by atoms with E-state index in [0.717, 1.165) is 5.56 Å². The first-order chi connectivity index (χ1) is 8.72. The molecule has 3 heteroatoms. The van der Waals surface area contributed by atoms with Crippen LogP contribution in [0.25, 0.3) is 0 Å². The van der Waals surface area contributed by atoms with E-state index in [9.17, 15) is 4.79 Å². The maximum Gasteiger partial charge on any atom is 0.330 e. The van der Waals surface area contributed by atoms with E-state index in [1.54, 1.807) is 6.92 Å². The molecule has 0 radical (unpaired) electrons. The van der Waals surface area contributed by atoms with Gasteiger partial charge in [-0.25, -0.2) is 4.79 Å². The van der Waals surface area contributed by atoms with Gasteiger partial charge < -0.3 is 9.47 Å². The Balaban J connectivity index is 2.21. The van der Waals surface area contributed by atoms with Crippen LogP contribution in [-0.4, -0.2) is 19.2 Å². The van der Waals surface area contributed by atoms with E-state index in [1.165, 1.54) is 6.08 Å². The Morgan fingerprint density at radius 1 is 1.33 bits per heavy atom. The molecule has 0 N–H and O–H groups in total. The van der Waals surface area contributed by atoms with Gasteiger partial charge in [-0.05, 0) is 18.4 Å². The number of hydrogen-bond donors (Lipinski definition) is 0. The van der Waals surface area contributed by atoms with Gasteiger partial charge in [0.05, 0.1) is 19.8 Å². The zero-order valence-electron chi connectivity index (χ0n) is 11.0. The number of carbonyl (C=O) groups is 1. The minimum atomic E-state index is -0.299. The van der Waals surface area contributed by atoms with Crippen molar-refractivity contribution in [3.63, 3.8) is 0 Å². The van der Waals surface area contributed by atoms with Crippen LogP contribution in [0.5, 0.6) is 0 Å². The lowest BCUT2D eigenvalue weighted by Crippen LogP contribution is -2.05. The standard InChI is InChI=1S/C15H20O3/c1-3-18-15(16)10-9-13(2)11-17-12-14-7-5-4-6-8-14/h4-10,13H,3,11-12H2,1-2H3/b10-9+/t13-/m1/s1. The predicted octanol–water partition coefficient (Wildman–Crippen LogP) is 2.96. The molecule has 1 rings (SSSR count). The fraction of sp³-hybridized carbons (Fsp3) is 0.400. The fourth-order valence-electron chi connectivity index (χ4n) is 1.43. The average molecular weight is 248 g/mol. The van der Waals surface area contributed by atoms with Crippen LogP contribution < -0.4 is 0 Å². The summed E-state index contributed by atoms with van der Waals surface area (Å²) in [6.45, 7) is 5.38. The summed E-state index contributed by atoms with van der Waals surface area (Å²) in [5.74, 6) is -0.106. The number of rotatable bonds is 7. The SMILES string of the molecule is CCOC(=O)/C=C/[C@@H](C)COCc1ccccc1. The molecule has 3 nitrogen and oxygen atoms in total. The third-order valence-corrected chi connectivity index (χ3v) is 2.34. The zero-order chi connectivity index (χ0) is 13.2. The summed E-state index contributed by atoms with van der Waals surface area (Å²) in [4.78, 5) is 11.1. The van der Waals surface area contributed by atoms with Gasteiger partial charge in [-0.15, -0.1) is 0 Å². The number of hydrogen-bond acceptors (Lipinski definition) is 3. The molecule has 0 saturated carbocycles. The number of ether oxygens (including phenoxy) is 2. The van der Waals surface area contributed by atoms with Gasteiger partial charge in [0.1, 0.15) is 0 Å². The van der Waals surface area contributed by atoms with Crippen LogP contribution >= 0.6 is 0 Å².